The van der Waals surface area contributed by atoms with Crippen LogP contribution in [-0.2, 0) is 22.6 Å². The van der Waals surface area contributed by atoms with Crippen molar-refractivity contribution in [3.05, 3.63) is 46.4 Å². The van der Waals surface area contributed by atoms with Crippen LogP contribution in [0.1, 0.15) is 11.3 Å². The van der Waals surface area contributed by atoms with Gasteiger partial charge < -0.3 is 15.4 Å². The Morgan fingerprint density at radius 3 is 2.96 bits per heavy atom. The fraction of sp³-hybridized carbons (Fsp3) is 0.412. The Morgan fingerprint density at radius 2 is 2.27 bits per heavy atom. The van der Waals surface area contributed by atoms with Gasteiger partial charge >= 0.3 is 0 Å². The van der Waals surface area contributed by atoms with Gasteiger partial charge in [0.25, 0.3) is 0 Å². The predicted octanol–water partition coefficient (Wildman–Crippen LogP) is 2.55. The largest absolute Gasteiger partial charge is 0.378 e. The van der Waals surface area contributed by atoms with E-state index in [0.717, 1.165) is 30.0 Å². The quantitative estimate of drug-likeness (QED) is 0.754. The Balaban J connectivity index is 0.00000169. The molecule has 1 fully saturated rings. The molecular weight excluding hydrogens is 395 g/mol. The molecule has 1 atom stereocenters. The summed E-state index contributed by atoms with van der Waals surface area (Å²) in [7, 11) is 2.06. The van der Waals surface area contributed by atoms with Gasteiger partial charge in [0.2, 0.25) is 5.91 Å². The van der Waals surface area contributed by atoms with Crippen molar-refractivity contribution in [2.45, 2.75) is 19.1 Å². The number of benzene rings is 1. The third kappa shape index (κ3) is 6.83. The van der Waals surface area contributed by atoms with E-state index in [4.69, 9.17) is 4.74 Å². The summed E-state index contributed by atoms with van der Waals surface area (Å²) in [5.74, 6) is -0.0531. The normalized spacial score (nSPS) is 16.5. The molecule has 1 aliphatic rings. The highest BCUT2D eigenvalue weighted by Gasteiger charge is 2.21. The van der Waals surface area contributed by atoms with Crippen LogP contribution in [0.2, 0.25) is 0 Å². The molecule has 0 saturated carbocycles. The van der Waals surface area contributed by atoms with Crippen molar-refractivity contribution in [3.63, 3.8) is 0 Å². The summed E-state index contributed by atoms with van der Waals surface area (Å²) in [5.41, 5.74) is 4.89. The second kappa shape index (κ2) is 11.5. The molecule has 144 valence electrons. The smallest absolute Gasteiger partial charge is 0.243 e. The third-order valence-electron chi connectivity index (χ3n) is 3.80. The average molecular weight is 419 g/mol. The van der Waals surface area contributed by atoms with Gasteiger partial charge in [-0.15, -0.1) is 36.2 Å². The first-order valence-corrected chi connectivity index (χ1v) is 8.91. The molecule has 26 heavy (non-hydrogen) atoms. The molecule has 0 spiro atoms. The van der Waals surface area contributed by atoms with Crippen LogP contribution in [0.25, 0.3) is 0 Å². The molecule has 1 aromatic heterocycles. The highest BCUT2D eigenvalue weighted by molar-refractivity contribution is 7.07. The van der Waals surface area contributed by atoms with Gasteiger partial charge in [-0.1, -0.05) is 12.1 Å². The van der Waals surface area contributed by atoms with E-state index in [1.807, 2.05) is 23.7 Å². The van der Waals surface area contributed by atoms with Crippen molar-refractivity contribution in [3.8, 4) is 0 Å². The Labute approximate surface area is 170 Å². The molecule has 2 aromatic rings. The van der Waals surface area contributed by atoms with Gasteiger partial charge in [0, 0.05) is 30.7 Å². The molecule has 1 unspecified atom stereocenters. The molecular formula is C17H24Cl2N4O2S. The van der Waals surface area contributed by atoms with Crippen LogP contribution in [-0.4, -0.2) is 48.6 Å². The fourth-order valence-electron chi connectivity index (χ4n) is 2.67. The van der Waals surface area contributed by atoms with Crippen LogP contribution >= 0.6 is 36.2 Å². The number of anilines is 1. The number of carbonyl (C=O) groups is 1. The number of hydrogen-bond donors (Lipinski definition) is 2. The molecule has 1 aliphatic heterocycles. The Morgan fingerprint density at radius 1 is 1.42 bits per heavy atom. The number of rotatable bonds is 6. The number of nitrogens with one attached hydrogen (secondary N) is 2. The van der Waals surface area contributed by atoms with Crippen molar-refractivity contribution in [1.29, 1.82) is 0 Å². The summed E-state index contributed by atoms with van der Waals surface area (Å²) < 4.78 is 5.33. The zero-order valence-corrected chi connectivity index (χ0v) is 17.0. The molecule has 9 heteroatoms. The minimum absolute atomic E-state index is 0. The minimum Gasteiger partial charge on any atom is -0.378 e. The lowest BCUT2D eigenvalue weighted by atomic mass is 10.1. The molecule has 3 rings (SSSR count). The standard InChI is InChI=1S/C17H22N4O2S.2ClH/c1-21(9-15-11-24-12-19-15)8-13-3-2-4-14(7-13)20-17(22)16-10-23-6-5-18-16;;/h2-4,7,11-12,16,18H,5-6,8-10H2,1H3,(H,20,22);2*1H. The van der Waals surface area contributed by atoms with E-state index in [1.54, 1.807) is 11.3 Å². The number of amides is 1. The molecule has 2 N–H and O–H groups in total. The summed E-state index contributed by atoms with van der Waals surface area (Å²) in [6.45, 7) is 3.39. The Hall–Kier alpha value is -1.22. The van der Waals surface area contributed by atoms with Crippen LogP contribution in [0.15, 0.2) is 35.2 Å². The van der Waals surface area contributed by atoms with Crippen LogP contribution in [0.4, 0.5) is 5.69 Å². The zero-order chi connectivity index (χ0) is 16.8. The number of nitrogens with zero attached hydrogens (tertiary/aromatic N) is 2. The first kappa shape index (κ1) is 22.8. The van der Waals surface area contributed by atoms with Gasteiger partial charge in [-0.05, 0) is 24.7 Å². The number of thiazole rings is 1. The summed E-state index contributed by atoms with van der Waals surface area (Å²) in [6.07, 6.45) is 0. The summed E-state index contributed by atoms with van der Waals surface area (Å²) in [6, 6.07) is 7.67. The number of ether oxygens (including phenoxy) is 1. The zero-order valence-electron chi connectivity index (χ0n) is 14.5. The van der Waals surface area contributed by atoms with E-state index in [-0.39, 0.29) is 36.8 Å². The predicted molar refractivity (Wildman–Crippen MR) is 109 cm³/mol. The van der Waals surface area contributed by atoms with Crippen molar-refractivity contribution < 1.29 is 9.53 Å². The van der Waals surface area contributed by atoms with Crippen LogP contribution in [0.3, 0.4) is 0 Å². The number of aromatic nitrogens is 1. The second-order valence-electron chi connectivity index (χ2n) is 5.92. The highest BCUT2D eigenvalue weighted by atomic mass is 35.5. The van der Waals surface area contributed by atoms with Gasteiger partial charge in [-0.3, -0.25) is 9.69 Å². The van der Waals surface area contributed by atoms with Gasteiger partial charge in [-0.25, -0.2) is 4.98 Å². The maximum Gasteiger partial charge on any atom is 0.243 e. The van der Waals surface area contributed by atoms with Crippen LogP contribution in [0, 0.1) is 0 Å². The lowest BCUT2D eigenvalue weighted by Gasteiger charge is -2.23. The van der Waals surface area contributed by atoms with E-state index in [0.29, 0.717) is 19.8 Å². The number of morpholine rings is 1. The number of hydrogen-bond acceptors (Lipinski definition) is 6. The van der Waals surface area contributed by atoms with E-state index in [9.17, 15) is 4.79 Å². The second-order valence-corrected chi connectivity index (χ2v) is 6.64. The summed E-state index contributed by atoms with van der Waals surface area (Å²) in [5, 5.41) is 8.18. The third-order valence-corrected chi connectivity index (χ3v) is 4.44. The van der Waals surface area contributed by atoms with Gasteiger partial charge in [-0.2, -0.15) is 0 Å². The van der Waals surface area contributed by atoms with E-state index < -0.39 is 0 Å². The van der Waals surface area contributed by atoms with Crippen LogP contribution < -0.4 is 10.6 Å². The van der Waals surface area contributed by atoms with E-state index in [2.05, 4.69) is 39.0 Å². The molecule has 1 amide bonds. The maximum atomic E-state index is 12.2. The highest BCUT2D eigenvalue weighted by Crippen LogP contribution is 2.14. The van der Waals surface area contributed by atoms with Gasteiger partial charge in [0.05, 0.1) is 24.4 Å². The number of halogens is 2. The average Bonchev–Trinajstić information content (AvgIpc) is 3.08. The van der Waals surface area contributed by atoms with Gasteiger partial charge in [0.15, 0.2) is 0 Å². The maximum absolute atomic E-state index is 12.2. The first-order valence-electron chi connectivity index (χ1n) is 7.97. The topological polar surface area (TPSA) is 66.5 Å². The molecule has 1 aromatic carbocycles. The summed E-state index contributed by atoms with van der Waals surface area (Å²) in [4.78, 5) is 18.7. The van der Waals surface area contributed by atoms with E-state index >= 15 is 0 Å². The molecule has 0 aliphatic carbocycles. The Kier molecular flexibility index (Phi) is 10.1. The Bertz CT molecular complexity index is 667. The van der Waals surface area contributed by atoms with Crippen molar-refractivity contribution >= 4 is 47.7 Å². The van der Waals surface area contributed by atoms with Crippen molar-refractivity contribution in [2.24, 2.45) is 0 Å². The fourth-order valence-corrected chi connectivity index (χ4v) is 3.22. The lowest BCUT2D eigenvalue weighted by molar-refractivity contribution is -0.120. The summed E-state index contributed by atoms with van der Waals surface area (Å²) >= 11 is 1.61. The van der Waals surface area contributed by atoms with Gasteiger partial charge in [0.1, 0.15) is 6.04 Å². The number of carbonyl (C=O) groups excluding carboxylic acids is 1. The lowest BCUT2D eigenvalue weighted by Crippen LogP contribution is -2.48. The van der Waals surface area contributed by atoms with Crippen LogP contribution in [0.5, 0.6) is 0 Å². The molecule has 6 nitrogen and oxygen atoms in total. The molecule has 2 heterocycles. The van der Waals surface area contributed by atoms with Crippen molar-refractivity contribution in [1.82, 2.24) is 15.2 Å². The molecule has 0 bridgehead atoms. The van der Waals surface area contributed by atoms with E-state index in [1.165, 1.54) is 0 Å². The molecule has 0 radical (unpaired) electrons. The minimum atomic E-state index is -0.283. The SMILES string of the molecule is CN(Cc1cccc(NC(=O)C2COCCN2)c1)Cc1cscn1.Cl.Cl. The first-order chi connectivity index (χ1) is 11.7. The molecule has 1 saturated heterocycles. The van der Waals surface area contributed by atoms with Crippen molar-refractivity contribution in [2.75, 3.05) is 32.1 Å². The monoisotopic (exact) mass is 418 g/mol.